The number of rotatable bonds is 12. The van der Waals surface area contributed by atoms with Crippen molar-refractivity contribution in [2.45, 2.75) is 92.0 Å². The normalized spacial score (nSPS) is 12.9. The second-order valence-corrected chi connectivity index (χ2v) is 11.1. The predicted molar refractivity (Wildman–Crippen MR) is 151 cm³/mol. The Bertz CT molecular complexity index is 1030. The van der Waals surface area contributed by atoms with E-state index in [0.29, 0.717) is 25.9 Å². The fraction of sp³-hybridized carbons (Fsp3) is 0.516. The summed E-state index contributed by atoms with van der Waals surface area (Å²) < 4.78 is 5.45. The van der Waals surface area contributed by atoms with Crippen molar-refractivity contribution in [2.75, 3.05) is 6.54 Å². The zero-order chi connectivity index (χ0) is 28.3. The lowest BCUT2D eigenvalue weighted by atomic mass is 9.98. The van der Waals surface area contributed by atoms with E-state index in [-0.39, 0.29) is 17.7 Å². The summed E-state index contributed by atoms with van der Waals surface area (Å²) in [5.74, 6) is -0.428. The molecule has 0 saturated carbocycles. The van der Waals surface area contributed by atoms with Gasteiger partial charge in [-0.05, 0) is 62.6 Å². The molecule has 38 heavy (non-hydrogen) atoms. The Morgan fingerprint density at radius 2 is 1.55 bits per heavy atom. The molecule has 0 bridgehead atoms. The fourth-order valence-corrected chi connectivity index (χ4v) is 4.24. The van der Waals surface area contributed by atoms with Crippen molar-refractivity contribution >= 4 is 17.9 Å². The van der Waals surface area contributed by atoms with Gasteiger partial charge in [0.05, 0.1) is 0 Å². The van der Waals surface area contributed by atoms with Crippen LogP contribution in [0.3, 0.4) is 0 Å². The molecule has 208 valence electrons. The fourth-order valence-electron chi connectivity index (χ4n) is 4.24. The number of carbonyl (C=O) groups excluding carboxylic acids is 3. The van der Waals surface area contributed by atoms with Crippen LogP contribution in [0.4, 0.5) is 4.79 Å². The van der Waals surface area contributed by atoms with E-state index >= 15 is 0 Å². The molecular formula is C31H45N3O4. The largest absolute Gasteiger partial charge is 0.444 e. The van der Waals surface area contributed by atoms with E-state index in [1.807, 2.05) is 75.4 Å². The van der Waals surface area contributed by atoms with E-state index in [9.17, 15) is 14.4 Å². The van der Waals surface area contributed by atoms with Gasteiger partial charge in [-0.15, -0.1) is 0 Å². The average molecular weight is 524 g/mol. The summed E-state index contributed by atoms with van der Waals surface area (Å²) in [5.41, 5.74) is 2.16. The Morgan fingerprint density at radius 3 is 2.08 bits per heavy atom. The molecule has 0 aliphatic heterocycles. The number of hydrogen-bond donors (Lipinski definition) is 2. The Balaban J connectivity index is 2.43. The summed E-state index contributed by atoms with van der Waals surface area (Å²) in [6.45, 7) is 14.1. The van der Waals surface area contributed by atoms with Crippen LogP contribution in [-0.4, -0.2) is 41.0 Å². The van der Waals surface area contributed by atoms with Crippen LogP contribution >= 0.6 is 0 Å². The third-order valence-electron chi connectivity index (χ3n) is 6.02. The van der Waals surface area contributed by atoms with Crippen LogP contribution < -0.4 is 10.6 Å². The Hall–Kier alpha value is -3.35. The summed E-state index contributed by atoms with van der Waals surface area (Å²) in [4.78, 5) is 42.1. The molecule has 2 atom stereocenters. The van der Waals surface area contributed by atoms with Crippen molar-refractivity contribution in [2.24, 2.45) is 5.92 Å². The number of alkyl carbamates (subject to hydrolysis) is 1. The molecule has 0 aliphatic rings. The molecule has 2 rings (SSSR count). The zero-order valence-electron chi connectivity index (χ0n) is 24.0. The van der Waals surface area contributed by atoms with Gasteiger partial charge in [-0.2, -0.15) is 0 Å². The van der Waals surface area contributed by atoms with Crippen LogP contribution in [0.5, 0.6) is 0 Å². The molecule has 0 aromatic heterocycles. The highest BCUT2D eigenvalue weighted by Crippen LogP contribution is 2.25. The number of ether oxygens (including phenoxy) is 1. The number of nitrogens with zero attached hydrogens (tertiary/aromatic N) is 1. The van der Waals surface area contributed by atoms with Gasteiger partial charge in [0.2, 0.25) is 11.8 Å². The second-order valence-electron chi connectivity index (χ2n) is 11.1. The lowest BCUT2D eigenvalue weighted by molar-refractivity contribution is -0.142. The highest BCUT2D eigenvalue weighted by Gasteiger charge is 2.36. The molecular weight excluding hydrogens is 478 g/mol. The van der Waals surface area contributed by atoms with E-state index in [1.165, 1.54) is 0 Å². The monoisotopic (exact) mass is 523 g/mol. The first-order valence-corrected chi connectivity index (χ1v) is 13.7. The van der Waals surface area contributed by atoms with Gasteiger partial charge in [-0.3, -0.25) is 9.59 Å². The molecule has 0 aliphatic carbocycles. The molecule has 2 unspecified atom stereocenters. The molecule has 7 nitrogen and oxygen atoms in total. The summed E-state index contributed by atoms with van der Waals surface area (Å²) in [6, 6.07) is 15.8. The standard InChI is InChI=1S/C31H45N3O4/c1-8-19-34(29(36)26(20-22(3)4)33-30(37)38-31(5,6)7)27(25-17-15-23(9-2)16-18-25)28(35)32-21-24-13-11-10-12-14-24/h10-18,22,26-27H,8-9,19-21H2,1-7H3,(H,32,35)(H,33,37). The Morgan fingerprint density at radius 1 is 0.921 bits per heavy atom. The first kappa shape index (κ1) is 30.9. The molecule has 0 fully saturated rings. The van der Waals surface area contributed by atoms with Crippen molar-refractivity contribution in [1.29, 1.82) is 0 Å². The van der Waals surface area contributed by atoms with E-state index < -0.39 is 23.8 Å². The lowest BCUT2D eigenvalue weighted by Gasteiger charge is -2.35. The first-order valence-electron chi connectivity index (χ1n) is 13.7. The molecule has 0 heterocycles. The van der Waals surface area contributed by atoms with Crippen LogP contribution in [0.1, 0.15) is 84.0 Å². The van der Waals surface area contributed by atoms with Crippen LogP contribution in [0.2, 0.25) is 0 Å². The van der Waals surface area contributed by atoms with Gasteiger partial charge in [0, 0.05) is 13.1 Å². The SMILES string of the molecule is CCCN(C(=O)C(CC(C)C)NC(=O)OC(C)(C)C)C(C(=O)NCc1ccccc1)c1ccc(CC)cc1. The van der Waals surface area contributed by atoms with Crippen LogP contribution in [0.15, 0.2) is 54.6 Å². The minimum absolute atomic E-state index is 0.136. The van der Waals surface area contributed by atoms with Gasteiger partial charge in [-0.25, -0.2) is 4.79 Å². The second kappa shape index (κ2) is 14.6. The topological polar surface area (TPSA) is 87.7 Å². The van der Waals surface area contributed by atoms with E-state index in [4.69, 9.17) is 4.74 Å². The van der Waals surface area contributed by atoms with Crippen molar-refractivity contribution in [3.8, 4) is 0 Å². The lowest BCUT2D eigenvalue weighted by Crippen LogP contribution is -2.53. The quantitative estimate of drug-likeness (QED) is 0.369. The van der Waals surface area contributed by atoms with Crippen molar-refractivity contribution in [3.05, 3.63) is 71.3 Å². The third-order valence-corrected chi connectivity index (χ3v) is 6.02. The summed E-state index contributed by atoms with van der Waals surface area (Å²) in [6.07, 6.45) is 1.30. The minimum atomic E-state index is -0.841. The maximum atomic E-state index is 14.1. The van der Waals surface area contributed by atoms with Crippen molar-refractivity contribution in [3.63, 3.8) is 0 Å². The number of aryl methyl sites for hydroxylation is 1. The molecule has 0 spiro atoms. The van der Waals surface area contributed by atoms with Gasteiger partial charge in [0.25, 0.3) is 0 Å². The molecule has 2 aromatic rings. The highest BCUT2D eigenvalue weighted by molar-refractivity contribution is 5.92. The Kier molecular flexibility index (Phi) is 11.8. The van der Waals surface area contributed by atoms with Crippen LogP contribution in [-0.2, 0) is 27.3 Å². The van der Waals surface area contributed by atoms with Gasteiger partial charge >= 0.3 is 6.09 Å². The maximum Gasteiger partial charge on any atom is 0.408 e. The number of hydrogen-bond acceptors (Lipinski definition) is 4. The van der Waals surface area contributed by atoms with E-state index in [2.05, 4.69) is 17.6 Å². The zero-order valence-corrected chi connectivity index (χ0v) is 24.0. The number of nitrogens with one attached hydrogen (secondary N) is 2. The number of amides is 3. The van der Waals surface area contributed by atoms with E-state index in [0.717, 1.165) is 23.1 Å². The molecule has 2 aromatic carbocycles. The average Bonchev–Trinajstić information content (AvgIpc) is 2.86. The predicted octanol–water partition coefficient (Wildman–Crippen LogP) is 5.78. The maximum absolute atomic E-state index is 14.1. The summed E-state index contributed by atoms with van der Waals surface area (Å²) in [5, 5.41) is 5.81. The van der Waals surface area contributed by atoms with Crippen molar-refractivity contribution < 1.29 is 19.1 Å². The Labute approximate surface area is 228 Å². The smallest absolute Gasteiger partial charge is 0.408 e. The van der Waals surface area contributed by atoms with Crippen LogP contribution in [0, 0.1) is 5.92 Å². The summed E-state index contributed by atoms with van der Waals surface area (Å²) in [7, 11) is 0. The molecule has 3 amide bonds. The van der Waals surface area contributed by atoms with Crippen LogP contribution in [0.25, 0.3) is 0 Å². The number of benzene rings is 2. The highest BCUT2D eigenvalue weighted by atomic mass is 16.6. The molecule has 7 heteroatoms. The van der Waals surface area contributed by atoms with Gasteiger partial charge in [0.15, 0.2) is 0 Å². The molecule has 0 radical (unpaired) electrons. The summed E-state index contributed by atoms with van der Waals surface area (Å²) >= 11 is 0. The molecule has 2 N–H and O–H groups in total. The van der Waals surface area contributed by atoms with Gasteiger partial charge < -0.3 is 20.3 Å². The first-order chi connectivity index (χ1) is 17.9. The van der Waals surface area contributed by atoms with Gasteiger partial charge in [-0.1, -0.05) is 82.3 Å². The molecule has 0 saturated heterocycles. The number of carbonyl (C=O) groups is 3. The third kappa shape index (κ3) is 9.84. The van der Waals surface area contributed by atoms with Crippen molar-refractivity contribution in [1.82, 2.24) is 15.5 Å². The van der Waals surface area contributed by atoms with E-state index in [1.54, 1.807) is 25.7 Å². The minimum Gasteiger partial charge on any atom is -0.444 e. The van der Waals surface area contributed by atoms with Gasteiger partial charge in [0.1, 0.15) is 17.7 Å².